The Morgan fingerprint density at radius 2 is 1.78 bits per heavy atom. The van der Waals surface area contributed by atoms with Crippen LogP contribution < -0.4 is 19.9 Å². The van der Waals surface area contributed by atoms with Crippen LogP contribution in [0.2, 0.25) is 0 Å². The molecule has 0 fully saturated rings. The first-order chi connectivity index (χ1) is 11.2. The smallest absolute Gasteiger partial charge is 0.167 e. The quantitative estimate of drug-likeness (QED) is 0.733. The van der Waals surface area contributed by atoms with Gasteiger partial charge in [-0.15, -0.1) is 0 Å². The number of aromatic nitrogens is 1. The Kier molecular flexibility index (Phi) is 3.15. The van der Waals surface area contributed by atoms with Crippen molar-refractivity contribution >= 4 is 16.6 Å². The minimum absolute atomic E-state index is 0.0987. The first-order valence-electron chi connectivity index (χ1n) is 7.12. The molecule has 1 aliphatic heterocycles. The van der Waals surface area contributed by atoms with Gasteiger partial charge in [0.1, 0.15) is 19.0 Å². The van der Waals surface area contributed by atoms with Gasteiger partial charge in [0.25, 0.3) is 0 Å². The fraction of sp³-hybridized carbons (Fsp3) is 0.118. The van der Waals surface area contributed by atoms with Gasteiger partial charge in [0, 0.05) is 29.4 Å². The summed E-state index contributed by atoms with van der Waals surface area (Å²) in [4.78, 5) is 4.30. The number of nitrogens with zero attached hydrogens (tertiary/aromatic N) is 1. The molecular formula is C17H13FN2O3. The number of pyridine rings is 1. The van der Waals surface area contributed by atoms with E-state index in [4.69, 9.17) is 19.9 Å². The summed E-state index contributed by atoms with van der Waals surface area (Å²) in [5.74, 6) is 1.33. The summed E-state index contributed by atoms with van der Waals surface area (Å²) in [5.41, 5.74) is 6.58. The van der Waals surface area contributed by atoms with E-state index >= 15 is 0 Å². The van der Waals surface area contributed by atoms with Crippen molar-refractivity contribution in [1.29, 1.82) is 0 Å². The molecule has 1 aliphatic rings. The minimum atomic E-state index is -0.521. The number of ether oxygens (including phenoxy) is 3. The van der Waals surface area contributed by atoms with Gasteiger partial charge in [0.15, 0.2) is 23.1 Å². The highest BCUT2D eigenvalue weighted by Crippen LogP contribution is 2.38. The van der Waals surface area contributed by atoms with Crippen molar-refractivity contribution in [2.24, 2.45) is 0 Å². The summed E-state index contributed by atoms with van der Waals surface area (Å²) in [6.45, 7) is 0.993. The zero-order chi connectivity index (χ0) is 15.8. The number of nitrogens with two attached hydrogens (primary N) is 1. The predicted octanol–water partition coefficient (Wildman–Crippen LogP) is 3.52. The van der Waals surface area contributed by atoms with Gasteiger partial charge in [0.05, 0.1) is 5.52 Å². The van der Waals surface area contributed by atoms with E-state index in [1.54, 1.807) is 30.5 Å². The lowest BCUT2D eigenvalue weighted by Gasteiger charge is -2.19. The normalized spacial score (nSPS) is 13.1. The van der Waals surface area contributed by atoms with Gasteiger partial charge in [0.2, 0.25) is 0 Å². The summed E-state index contributed by atoms with van der Waals surface area (Å²) in [5, 5.41) is 0.716. The van der Waals surface area contributed by atoms with E-state index in [1.165, 1.54) is 12.1 Å². The number of hydrogen-bond acceptors (Lipinski definition) is 5. The van der Waals surface area contributed by atoms with Gasteiger partial charge in [-0.3, -0.25) is 4.98 Å². The third kappa shape index (κ3) is 2.48. The molecule has 0 radical (unpaired) electrons. The number of halogens is 1. The fourth-order valence-electron chi connectivity index (χ4n) is 2.46. The van der Waals surface area contributed by atoms with E-state index in [-0.39, 0.29) is 5.75 Å². The topological polar surface area (TPSA) is 66.6 Å². The standard InChI is InChI=1S/C17H13FN2O3/c18-12-7-10(19)1-2-15(12)23-14-3-4-20-13-9-17-16(8-11(13)14)21-5-6-22-17/h1-4,7-9H,5-6,19H2. The summed E-state index contributed by atoms with van der Waals surface area (Å²) in [6, 6.07) is 9.55. The molecule has 3 aromatic rings. The van der Waals surface area contributed by atoms with Gasteiger partial charge < -0.3 is 19.9 Å². The summed E-state index contributed by atoms with van der Waals surface area (Å²) in [6.07, 6.45) is 1.60. The van der Waals surface area contributed by atoms with Gasteiger partial charge in [-0.2, -0.15) is 0 Å². The summed E-state index contributed by atoms with van der Waals surface area (Å²) in [7, 11) is 0. The van der Waals surface area contributed by atoms with E-state index < -0.39 is 5.82 Å². The van der Waals surface area contributed by atoms with Crippen LogP contribution in [0.3, 0.4) is 0 Å². The summed E-state index contributed by atoms with van der Waals surface area (Å²) < 4.78 is 30.8. The zero-order valence-corrected chi connectivity index (χ0v) is 12.1. The number of anilines is 1. The minimum Gasteiger partial charge on any atom is -0.486 e. The fourth-order valence-corrected chi connectivity index (χ4v) is 2.46. The van der Waals surface area contributed by atoms with Crippen LogP contribution in [0, 0.1) is 5.82 Å². The molecule has 0 saturated carbocycles. The largest absolute Gasteiger partial charge is 0.486 e. The molecule has 2 aromatic carbocycles. The second kappa shape index (κ2) is 5.31. The maximum Gasteiger partial charge on any atom is 0.167 e. The van der Waals surface area contributed by atoms with Crippen molar-refractivity contribution in [1.82, 2.24) is 4.98 Å². The second-order valence-electron chi connectivity index (χ2n) is 5.11. The number of hydrogen-bond donors (Lipinski definition) is 1. The third-order valence-electron chi connectivity index (χ3n) is 3.54. The number of benzene rings is 2. The SMILES string of the molecule is Nc1ccc(Oc2ccnc3cc4c(cc23)OCCO4)c(F)c1. The van der Waals surface area contributed by atoms with Crippen LogP contribution in [0.25, 0.3) is 10.9 Å². The van der Waals surface area contributed by atoms with E-state index in [0.29, 0.717) is 47.1 Å². The lowest BCUT2D eigenvalue weighted by atomic mass is 10.1. The van der Waals surface area contributed by atoms with Crippen LogP contribution in [-0.4, -0.2) is 18.2 Å². The number of rotatable bonds is 2. The molecule has 116 valence electrons. The van der Waals surface area contributed by atoms with Crippen molar-refractivity contribution in [2.45, 2.75) is 0 Å². The highest BCUT2D eigenvalue weighted by Gasteiger charge is 2.16. The van der Waals surface area contributed by atoms with Gasteiger partial charge in [-0.25, -0.2) is 4.39 Å². The van der Waals surface area contributed by atoms with Crippen molar-refractivity contribution in [3.05, 3.63) is 48.4 Å². The second-order valence-corrected chi connectivity index (χ2v) is 5.11. The Morgan fingerprint density at radius 1 is 1.00 bits per heavy atom. The van der Waals surface area contributed by atoms with E-state index in [0.717, 1.165) is 0 Å². The molecule has 0 aliphatic carbocycles. The van der Waals surface area contributed by atoms with Gasteiger partial charge in [-0.05, 0) is 24.3 Å². The first-order valence-corrected chi connectivity index (χ1v) is 7.12. The highest BCUT2D eigenvalue weighted by atomic mass is 19.1. The van der Waals surface area contributed by atoms with E-state index in [2.05, 4.69) is 4.98 Å². The molecule has 0 atom stereocenters. The summed E-state index contributed by atoms with van der Waals surface area (Å²) >= 11 is 0. The molecule has 0 unspecified atom stereocenters. The predicted molar refractivity (Wildman–Crippen MR) is 83.6 cm³/mol. The van der Waals surface area contributed by atoms with Gasteiger partial charge in [-0.1, -0.05) is 0 Å². The molecule has 5 nitrogen and oxygen atoms in total. The van der Waals surface area contributed by atoms with E-state index in [9.17, 15) is 4.39 Å². The molecule has 4 rings (SSSR count). The molecule has 6 heteroatoms. The van der Waals surface area contributed by atoms with Crippen LogP contribution in [-0.2, 0) is 0 Å². The number of fused-ring (bicyclic) bond motifs is 2. The van der Waals surface area contributed by atoms with Crippen molar-refractivity contribution in [3.63, 3.8) is 0 Å². The highest BCUT2D eigenvalue weighted by molar-refractivity contribution is 5.88. The monoisotopic (exact) mass is 312 g/mol. The van der Waals surface area contributed by atoms with Gasteiger partial charge >= 0.3 is 0 Å². The molecule has 0 saturated heterocycles. The third-order valence-corrected chi connectivity index (χ3v) is 3.54. The molecule has 2 heterocycles. The van der Waals surface area contributed by atoms with Crippen LogP contribution in [0.1, 0.15) is 0 Å². The molecule has 0 amide bonds. The molecule has 2 N–H and O–H groups in total. The number of nitrogen functional groups attached to an aromatic ring is 1. The Hall–Kier alpha value is -3.02. The Bertz CT molecular complexity index is 898. The molecule has 0 spiro atoms. The molecular weight excluding hydrogens is 299 g/mol. The van der Waals surface area contributed by atoms with Crippen LogP contribution in [0.5, 0.6) is 23.0 Å². The maximum atomic E-state index is 13.9. The van der Waals surface area contributed by atoms with Crippen molar-refractivity contribution in [3.8, 4) is 23.0 Å². The Morgan fingerprint density at radius 3 is 2.57 bits per heavy atom. The van der Waals surface area contributed by atoms with E-state index in [1.807, 2.05) is 0 Å². The molecule has 1 aromatic heterocycles. The van der Waals surface area contributed by atoms with Crippen molar-refractivity contribution in [2.75, 3.05) is 18.9 Å². The lowest BCUT2D eigenvalue weighted by molar-refractivity contribution is 0.172. The molecule has 0 bridgehead atoms. The van der Waals surface area contributed by atoms with Crippen molar-refractivity contribution < 1.29 is 18.6 Å². The average molecular weight is 312 g/mol. The maximum absolute atomic E-state index is 13.9. The van der Waals surface area contributed by atoms with Crippen LogP contribution in [0.4, 0.5) is 10.1 Å². The van der Waals surface area contributed by atoms with Crippen LogP contribution in [0.15, 0.2) is 42.6 Å². The van der Waals surface area contributed by atoms with Crippen LogP contribution >= 0.6 is 0 Å². The first kappa shape index (κ1) is 13.6. The molecule has 23 heavy (non-hydrogen) atoms. The zero-order valence-electron chi connectivity index (χ0n) is 12.1. The Balaban J connectivity index is 1.80. The lowest BCUT2D eigenvalue weighted by Crippen LogP contribution is -2.15. The average Bonchev–Trinajstić information content (AvgIpc) is 2.56. The Labute approximate surface area is 131 Å².